The monoisotopic (exact) mass is 424 g/mol. The number of hydrogen-bond acceptors (Lipinski definition) is 5. The van der Waals surface area contributed by atoms with Crippen LogP contribution < -0.4 is 9.64 Å². The number of thiazole rings is 1. The highest BCUT2D eigenvalue weighted by Gasteiger charge is 2.35. The Kier molecular flexibility index (Phi) is 5.39. The Balaban J connectivity index is 1.73. The van der Waals surface area contributed by atoms with E-state index < -0.39 is 11.9 Å². The Morgan fingerprint density at radius 2 is 1.93 bits per heavy atom. The lowest BCUT2D eigenvalue weighted by Crippen LogP contribution is -2.47. The quantitative estimate of drug-likeness (QED) is 0.544. The van der Waals surface area contributed by atoms with Gasteiger partial charge in [-0.25, -0.2) is 9.37 Å². The molecule has 7 heteroatoms. The van der Waals surface area contributed by atoms with Gasteiger partial charge in [0.1, 0.15) is 11.6 Å². The summed E-state index contributed by atoms with van der Waals surface area (Å²) in [7, 11) is 0. The molecule has 0 bridgehead atoms. The number of halogens is 1. The van der Waals surface area contributed by atoms with Crippen molar-refractivity contribution >= 4 is 28.7 Å². The molecular formula is C23H21FN2O3S. The van der Waals surface area contributed by atoms with Gasteiger partial charge < -0.3 is 4.74 Å². The molecule has 1 amide bonds. The summed E-state index contributed by atoms with van der Waals surface area (Å²) in [5.41, 5.74) is 2.62. The van der Waals surface area contributed by atoms with E-state index in [1.54, 1.807) is 11.3 Å². The second-order valence-electron chi connectivity index (χ2n) is 7.19. The van der Waals surface area contributed by atoms with Crippen LogP contribution in [0.5, 0.6) is 5.75 Å². The fourth-order valence-corrected chi connectivity index (χ4v) is 4.40. The van der Waals surface area contributed by atoms with Crippen LogP contribution in [0.4, 0.5) is 10.1 Å². The van der Waals surface area contributed by atoms with E-state index in [1.165, 1.54) is 29.2 Å². The lowest BCUT2D eigenvalue weighted by atomic mass is 10.0. The predicted molar refractivity (Wildman–Crippen MR) is 115 cm³/mol. The van der Waals surface area contributed by atoms with Crippen molar-refractivity contribution in [3.8, 4) is 17.0 Å². The number of aromatic nitrogens is 1. The largest absolute Gasteiger partial charge is 0.478 e. The summed E-state index contributed by atoms with van der Waals surface area (Å²) in [6, 6.07) is 10.9. The van der Waals surface area contributed by atoms with Crippen LogP contribution in [0.2, 0.25) is 0 Å². The van der Waals surface area contributed by atoms with Crippen LogP contribution in [0, 0.1) is 19.7 Å². The van der Waals surface area contributed by atoms with Crippen molar-refractivity contribution < 1.29 is 18.7 Å². The average molecular weight is 424 g/mol. The SMILES string of the molecule is CCC1Oc2ccc(-c3nc(C)sc3C)cc2N(CC(=O)c2ccc(F)cc2)C1=O. The van der Waals surface area contributed by atoms with Gasteiger partial charge in [-0.3, -0.25) is 14.5 Å². The smallest absolute Gasteiger partial charge is 0.268 e. The molecule has 0 aliphatic carbocycles. The molecular weight excluding hydrogens is 403 g/mol. The van der Waals surface area contributed by atoms with Crippen molar-refractivity contribution in [3.05, 3.63) is 63.7 Å². The van der Waals surface area contributed by atoms with Crippen LogP contribution in [0.1, 0.15) is 33.6 Å². The number of Topliss-reactive ketones (excluding diaryl/α,β-unsaturated/α-hetero) is 1. The molecule has 0 saturated carbocycles. The second-order valence-corrected chi connectivity index (χ2v) is 8.60. The van der Waals surface area contributed by atoms with Crippen molar-refractivity contribution in [1.29, 1.82) is 0 Å². The first-order valence-electron chi connectivity index (χ1n) is 9.72. The molecule has 154 valence electrons. The molecule has 0 fully saturated rings. The van der Waals surface area contributed by atoms with Crippen LogP contribution in [0.25, 0.3) is 11.3 Å². The van der Waals surface area contributed by atoms with E-state index in [0.717, 1.165) is 21.1 Å². The zero-order chi connectivity index (χ0) is 21.4. The van der Waals surface area contributed by atoms with Gasteiger partial charge in [0.25, 0.3) is 5.91 Å². The van der Waals surface area contributed by atoms with Gasteiger partial charge in [0.05, 0.1) is 22.9 Å². The number of hydrogen-bond donors (Lipinski definition) is 0. The first kappa shape index (κ1) is 20.2. The third kappa shape index (κ3) is 3.73. The molecule has 2 heterocycles. The van der Waals surface area contributed by atoms with Gasteiger partial charge in [0, 0.05) is 16.0 Å². The molecule has 1 atom stereocenters. The minimum atomic E-state index is -0.646. The van der Waals surface area contributed by atoms with Gasteiger partial charge in [-0.05, 0) is 62.7 Å². The average Bonchev–Trinajstić information content (AvgIpc) is 3.07. The van der Waals surface area contributed by atoms with Gasteiger partial charge in [0.15, 0.2) is 11.9 Å². The van der Waals surface area contributed by atoms with Gasteiger partial charge >= 0.3 is 0 Å². The maximum Gasteiger partial charge on any atom is 0.268 e. The number of aryl methyl sites for hydroxylation is 2. The summed E-state index contributed by atoms with van der Waals surface area (Å²) in [6.07, 6.45) is -0.154. The minimum Gasteiger partial charge on any atom is -0.478 e. The number of anilines is 1. The summed E-state index contributed by atoms with van der Waals surface area (Å²) in [6.45, 7) is 5.68. The van der Waals surface area contributed by atoms with Crippen LogP contribution in [-0.4, -0.2) is 29.3 Å². The molecule has 2 aromatic carbocycles. The summed E-state index contributed by atoms with van der Waals surface area (Å²) in [5.74, 6) is -0.383. The zero-order valence-corrected chi connectivity index (χ0v) is 17.8. The minimum absolute atomic E-state index is 0.143. The maximum atomic E-state index is 13.2. The Morgan fingerprint density at radius 3 is 2.57 bits per heavy atom. The molecule has 30 heavy (non-hydrogen) atoms. The third-order valence-electron chi connectivity index (χ3n) is 5.08. The van der Waals surface area contributed by atoms with Crippen molar-refractivity contribution in [2.75, 3.05) is 11.4 Å². The number of ketones is 1. The fourth-order valence-electron chi connectivity index (χ4n) is 3.56. The Bertz CT molecular complexity index is 1120. The van der Waals surface area contributed by atoms with E-state index in [0.29, 0.717) is 23.4 Å². The molecule has 4 rings (SSSR count). The highest BCUT2D eigenvalue weighted by molar-refractivity contribution is 7.11. The van der Waals surface area contributed by atoms with E-state index in [1.807, 2.05) is 39.0 Å². The molecule has 0 N–H and O–H groups in total. The molecule has 1 aliphatic heterocycles. The van der Waals surface area contributed by atoms with Crippen molar-refractivity contribution in [2.45, 2.75) is 33.3 Å². The van der Waals surface area contributed by atoms with Crippen LogP contribution in [-0.2, 0) is 4.79 Å². The molecule has 1 aliphatic rings. The predicted octanol–water partition coefficient (Wildman–Crippen LogP) is 4.95. The number of nitrogens with zero attached hydrogens (tertiary/aromatic N) is 2. The zero-order valence-electron chi connectivity index (χ0n) is 16.9. The second kappa shape index (κ2) is 7.99. The van der Waals surface area contributed by atoms with Gasteiger partial charge in [-0.15, -0.1) is 11.3 Å². The van der Waals surface area contributed by atoms with Gasteiger partial charge in [-0.2, -0.15) is 0 Å². The van der Waals surface area contributed by atoms with Gasteiger partial charge in [-0.1, -0.05) is 6.92 Å². The van der Waals surface area contributed by atoms with E-state index >= 15 is 0 Å². The summed E-state index contributed by atoms with van der Waals surface area (Å²) >= 11 is 1.61. The Labute approximate surface area is 178 Å². The Hall–Kier alpha value is -3.06. The first-order chi connectivity index (χ1) is 14.4. The fraction of sp³-hybridized carbons (Fsp3) is 0.261. The summed E-state index contributed by atoms with van der Waals surface area (Å²) in [5, 5.41) is 0.960. The van der Waals surface area contributed by atoms with Crippen LogP contribution >= 0.6 is 11.3 Å². The number of carbonyl (C=O) groups is 2. The lowest BCUT2D eigenvalue weighted by molar-refractivity contribution is -0.126. The topological polar surface area (TPSA) is 59.5 Å². The van der Waals surface area contributed by atoms with Crippen molar-refractivity contribution in [2.24, 2.45) is 0 Å². The number of fused-ring (bicyclic) bond motifs is 1. The normalized spacial score (nSPS) is 15.7. The first-order valence-corrected chi connectivity index (χ1v) is 10.5. The van der Waals surface area contributed by atoms with Crippen molar-refractivity contribution in [3.63, 3.8) is 0 Å². The number of carbonyl (C=O) groups excluding carboxylic acids is 2. The van der Waals surface area contributed by atoms with Crippen LogP contribution in [0.15, 0.2) is 42.5 Å². The molecule has 1 unspecified atom stereocenters. The van der Waals surface area contributed by atoms with E-state index in [9.17, 15) is 14.0 Å². The maximum absolute atomic E-state index is 13.2. The summed E-state index contributed by atoms with van der Waals surface area (Å²) in [4.78, 5) is 33.0. The van der Waals surface area contributed by atoms with E-state index in [-0.39, 0.29) is 18.2 Å². The number of amides is 1. The Morgan fingerprint density at radius 1 is 1.20 bits per heavy atom. The standard InChI is InChI=1S/C23H21FN2O3S/c1-4-20-23(28)26(12-19(27)15-5-8-17(24)9-6-15)18-11-16(7-10-21(18)29-20)22-13(2)30-14(3)25-22/h5-11,20H,4,12H2,1-3H3. The molecule has 3 aromatic rings. The number of benzene rings is 2. The van der Waals surface area contributed by atoms with E-state index in [4.69, 9.17) is 4.74 Å². The molecule has 0 spiro atoms. The highest BCUT2D eigenvalue weighted by atomic mass is 32.1. The third-order valence-corrected chi connectivity index (χ3v) is 5.96. The van der Waals surface area contributed by atoms with Gasteiger partial charge in [0.2, 0.25) is 0 Å². The van der Waals surface area contributed by atoms with E-state index in [2.05, 4.69) is 4.98 Å². The number of rotatable bonds is 5. The molecule has 1 aromatic heterocycles. The van der Waals surface area contributed by atoms with Crippen LogP contribution in [0.3, 0.4) is 0 Å². The molecule has 5 nitrogen and oxygen atoms in total. The summed E-state index contributed by atoms with van der Waals surface area (Å²) < 4.78 is 19.1. The molecule has 0 radical (unpaired) electrons. The highest BCUT2D eigenvalue weighted by Crippen LogP contribution is 2.39. The number of ether oxygens (including phenoxy) is 1. The molecule has 0 saturated heterocycles. The lowest BCUT2D eigenvalue weighted by Gasteiger charge is -2.34. The van der Waals surface area contributed by atoms with Crippen molar-refractivity contribution in [1.82, 2.24) is 4.98 Å².